The molecule has 1 saturated heterocycles. The lowest BCUT2D eigenvalue weighted by molar-refractivity contribution is -0.384. The van der Waals surface area contributed by atoms with Gasteiger partial charge in [0.05, 0.1) is 11.5 Å². The van der Waals surface area contributed by atoms with E-state index >= 15 is 0 Å². The van der Waals surface area contributed by atoms with Crippen molar-refractivity contribution in [1.82, 2.24) is 4.90 Å². The quantitative estimate of drug-likeness (QED) is 0.475. The second-order valence-corrected chi connectivity index (χ2v) is 5.86. The van der Waals surface area contributed by atoms with E-state index in [1.807, 2.05) is 0 Å². The molecule has 0 spiro atoms. The lowest BCUT2D eigenvalue weighted by Gasteiger charge is -2.18. The molecule has 1 aromatic carbocycles. The van der Waals surface area contributed by atoms with E-state index in [2.05, 4.69) is 18.7 Å². The molecule has 0 aliphatic carbocycles. The van der Waals surface area contributed by atoms with Gasteiger partial charge in [0.2, 0.25) is 0 Å². The van der Waals surface area contributed by atoms with Gasteiger partial charge in [-0.15, -0.1) is 0 Å². The summed E-state index contributed by atoms with van der Waals surface area (Å²) >= 11 is 0. The van der Waals surface area contributed by atoms with Crippen LogP contribution in [0.4, 0.5) is 5.69 Å². The van der Waals surface area contributed by atoms with Gasteiger partial charge in [0.25, 0.3) is 5.69 Å². The van der Waals surface area contributed by atoms with Gasteiger partial charge in [-0.3, -0.25) is 19.8 Å². The molecule has 1 heterocycles. The highest BCUT2D eigenvalue weighted by molar-refractivity contribution is 5.98. The number of non-ortho nitro benzene ring substituents is 1. The number of nitro benzene ring substituents is 1. The molecule has 5 heteroatoms. The molecule has 1 aliphatic heterocycles. The molecular weight excluding hydrogens is 244 g/mol. The second kappa shape index (κ2) is 5.09. The molecule has 0 amide bonds. The topological polar surface area (TPSA) is 63.5 Å². The largest absolute Gasteiger partial charge is 0.295 e. The molecule has 5 nitrogen and oxygen atoms in total. The van der Waals surface area contributed by atoms with E-state index in [4.69, 9.17) is 0 Å². The summed E-state index contributed by atoms with van der Waals surface area (Å²) in [5, 5.41) is 10.7. The number of carbonyl (C=O) groups excluding carboxylic acids is 1. The zero-order chi connectivity index (χ0) is 14.0. The summed E-state index contributed by atoms with van der Waals surface area (Å²) in [7, 11) is 0. The maximum absolute atomic E-state index is 12.1. The van der Waals surface area contributed by atoms with Crippen molar-refractivity contribution < 1.29 is 9.72 Å². The van der Waals surface area contributed by atoms with Crippen LogP contribution >= 0.6 is 0 Å². The first kappa shape index (κ1) is 13.7. The van der Waals surface area contributed by atoms with Crippen LogP contribution in [0.3, 0.4) is 0 Å². The third-order valence-electron chi connectivity index (χ3n) is 3.50. The first-order chi connectivity index (χ1) is 8.87. The minimum atomic E-state index is -0.476. The maximum atomic E-state index is 12.1. The van der Waals surface area contributed by atoms with Crippen molar-refractivity contribution in [3.8, 4) is 0 Å². The number of likely N-dealkylation sites (tertiary alicyclic amines) is 1. The average Bonchev–Trinajstić information content (AvgIpc) is 2.68. The number of hydrogen-bond donors (Lipinski definition) is 0. The molecular formula is C14H18N2O3. The Hall–Kier alpha value is -1.75. The molecule has 1 aliphatic rings. The van der Waals surface area contributed by atoms with Crippen molar-refractivity contribution in [2.45, 2.75) is 20.3 Å². The van der Waals surface area contributed by atoms with E-state index in [0.29, 0.717) is 12.1 Å². The minimum Gasteiger partial charge on any atom is -0.295 e. The molecule has 0 N–H and O–H groups in total. The van der Waals surface area contributed by atoms with E-state index in [9.17, 15) is 14.9 Å². The molecule has 0 bridgehead atoms. The summed E-state index contributed by atoms with van der Waals surface area (Å²) in [6, 6.07) is 5.94. The number of Topliss-reactive ketones (excluding diaryl/α,β-unsaturated/α-hetero) is 1. The molecule has 19 heavy (non-hydrogen) atoms. The summed E-state index contributed by atoms with van der Waals surface area (Å²) < 4.78 is 0. The summed E-state index contributed by atoms with van der Waals surface area (Å²) in [6.07, 6.45) is 1.08. The van der Waals surface area contributed by atoms with Gasteiger partial charge in [0.15, 0.2) is 5.78 Å². The number of nitro groups is 1. The van der Waals surface area contributed by atoms with Crippen LogP contribution in [-0.4, -0.2) is 35.2 Å². The average molecular weight is 262 g/mol. The standard InChI is InChI=1S/C14H18N2O3/c1-14(2)6-7-15(10-14)9-13(17)11-4-3-5-12(8-11)16(18)19/h3-5,8H,6-7,9-10H2,1-2H3. The van der Waals surface area contributed by atoms with E-state index in [1.165, 1.54) is 12.1 Å². The molecule has 2 rings (SSSR count). The Kier molecular flexibility index (Phi) is 3.66. The number of nitrogens with zero attached hydrogens (tertiary/aromatic N) is 2. The Bertz CT molecular complexity index is 511. The predicted molar refractivity (Wildman–Crippen MR) is 72.3 cm³/mol. The van der Waals surface area contributed by atoms with Crippen molar-refractivity contribution >= 4 is 11.5 Å². The third-order valence-corrected chi connectivity index (χ3v) is 3.50. The molecule has 1 fully saturated rings. The SMILES string of the molecule is CC1(C)CCN(CC(=O)c2cccc([N+](=O)[O-])c2)C1. The van der Waals surface area contributed by atoms with Crippen molar-refractivity contribution in [3.63, 3.8) is 0 Å². The lowest BCUT2D eigenvalue weighted by Crippen LogP contribution is -2.29. The van der Waals surface area contributed by atoms with Gasteiger partial charge in [-0.1, -0.05) is 26.0 Å². The monoisotopic (exact) mass is 262 g/mol. The number of ketones is 1. The van der Waals surface area contributed by atoms with Crippen LogP contribution in [0.25, 0.3) is 0 Å². The smallest absolute Gasteiger partial charge is 0.270 e. The minimum absolute atomic E-state index is 0.0346. The Morgan fingerprint density at radius 2 is 2.21 bits per heavy atom. The van der Waals surface area contributed by atoms with Crippen molar-refractivity contribution in [1.29, 1.82) is 0 Å². The molecule has 0 atom stereocenters. The highest BCUT2D eigenvalue weighted by Gasteiger charge is 2.30. The highest BCUT2D eigenvalue weighted by atomic mass is 16.6. The highest BCUT2D eigenvalue weighted by Crippen LogP contribution is 2.28. The van der Waals surface area contributed by atoms with Crippen LogP contribution in [0.2, 0.25) is 0 Å². The van der Waals surface area contributed by atoms with E-state index < -0.39 is 4.92 Å². The van der Waals surface area contributed by atoms with Crippen LogP contribution < -0.4 is 0 Å². The Balaban J connectivity index is 2.04. The first-order valence-corrected chi connectivity index (χ1v) is 6.37. The van der Waals surface area contributed by atoms with Crippen LogP contribution in [0.1, 0.15) is 30.6 Å². The second-order valence-electron chi connectivity index (χ2n) is 5.86. The zero-order valence-electron chi connectivity index (χ0n) is 11.3. The maximum Gasteiger partial charge on any atom is 0.270 e. The van der Waals surface area contributed by atoms with E-state index in [0.717, 1.165) is 19.5 Å². The van der Waals surface area contributed by atoms with Crippen molar-refractivity contribution in [2.24, 2.45) is 5.41 Å². The summed E-state index contributed by atoms with van der Waals surface area (Å²) in [5.74, 6) is -0.0543. The summed E-state index contributed by atoms with van der Waals surface area (Å²) in [5.41, 5.74) is 0.634. The Labute approximate surface area is 112 Å². The fourth-order valence-corrected chi connectivity index (χ4v) is 2.45. The molecule has 0 radical (unpaired) electrons. The molecule has 0 saturated carbocycles. The van der Waals surface area contributed by atoms with Crippen molar-refractivity contribution in [3.05, 3.63) is 39.9 Å². The van der Waals surface area contributed by atoms with E-state index in [1.54, 1.807) is 12.1 Å². The first-order valence-electron chi connectivity index (χ1n) is 6.37. The number of carbonyl (C=O) groups is 1. The van der Waals surface area contributed by atoms with Gasteiger partial charge in [-0.2, -0.15) is 0 Å². The van der Waals surface area contributed by atoms with Crippen LogP contribution in [0.15, 0.2) is 24.3 Å². The van der Waals surface area contributed by atoms with Gasteiger partial charge in [0, 0.05) is 24.2 Å². The molecule has 1 aromatic rings. The van der Waals surface area contributed by atoms with Gasteiger partial charge in [-0.25, -0.2) is 0 Å². The molecule has 102 valence electrons. The predicted octanol–water partition coefficient (Wildman–Crippen LogP) is 2.51. The van der Waals surface area contributed by atoms with Gasteiger partial charge in [0.1, 0.15) is 0 Å². The molecule has 0 aromatic heterocycles. The normalized spacial score (nSPS) is 18.4. The molecule has 0 unspecified atom stereocenters. The fraction of sp³-hybridized carbons (Fsp3) is 0.500. The van der Waals surface area contributed by atoms with Crippen LogP contribution in [0.5, 0.6) is 0 Å². The fourth-order valence-electron chi connectivity index (χ4n) is 2.45. The number of benzene rings is 1. The summed E-state index contributed by atoms with van der Waals surface area (Å²) in [6.45, 7) is 6.52. The van der Waals surface area contributed by atoms with Gasteiger partial charge in [-0.05, 0) is 18.4 Å². The van der Waals surface area contributed by atoms with Crippen molar-refractivity contribution in [2.75, 3.05) is 19.6 Å². The number of rotatable bonds is 4. The van der Waals surface area contributed by atoms with Crippen LogP contribution in [0, 0.1) is 15.5 Å². The lowest BCUT2D eigenvalue weighted by atomic mass is 9.93. The summed E-state index contributed by atoms with van der Waals surface area (Å²) in [4.78, 5) is 24.4. The van der Waals surface area contributed by atoms with Crippen LogP contribution in [-0.2, 0) is 0 Å². The van der Waals surface area contributed by atoms with E-state index in [-0.39, 0.29) is 16.9 Å². The Morgan fingerprint density at radius 3 is 2.79 bits per heavy atom. The van der Waals surface area contributed by atoms with Gasteiger partial charge >= 0.3 is 0 Å². The Morgan fingerprint density at radius 1 is 1.47 bits per heavy atom. The zero-order valence-corrected chi connectivity index (χ0v) is 11.3. The number of hydrogen-bond acceptors (Lipinski definition) is 4. The van der Waals surface area contributed by atoms with Gasteiger partial charge < -0.3 is 0 Å². The third kappa shape index (κ3) is 3.38.